The van der Waals surface area contributed by atoms with E-state index in [-0.39, 0.29) is 22.7 Å². The van der Waals surface area contributed by atoms with Crippen molar-refractivity contribution >= 4 is 17.3 Å². The Labute approximate surface area is 115 Å². The highest BCUT2D eigenvalue weighted by atomic mass is 16.2. The number of rotatable bonds is 2. The predicted molar refractivity (Wildman–Crippen MR) is 80.0 cm³/mol. The Morgan fingerprint density at radius 2 is 1.68 bits per heavy atom. The van der Waals surface area contributed by atoms with Gasteiger partial charge in [0.1, 0.15) is 0 Å². The summed E-state index contributed by atoms with van der Waals surface area (Å²) >= 11 is 0. The minimum atomic E-state index is 0.0548. The summed E-state index contributed by atoms with van der Waals surface area (Å²) in [5.41, 5.74) is 9.60. The number of nitrogens with one attached hydrogen (secondary N) is 1. The summed E-state index contributed by atoms with van der Waals surface area (Å²) in [5, 5.41) is 3.07. The molecule has 0 atom stereocenters. The molecule has 3 heteroatoms. The molecule has 1 aliphatic rings. The summed E-state index contributed by atoms with van der Waals surface area (Å²) in [5.74, 6) is 0.159. The highest BCUT2D eigenvalue weighted by molar-refractivity contribution is 5.97. The topological polar surface area (TPSA) is 55.1 Å². The van der Waals surface area contributed by atoms with Crippen LogP contribution in [0, 0.1) is 30.6 Å². The number of anilines is 2. The number of benzene rings is 1. The van der Waals surface area contributed by atoms with Crippen molar-refractivity contribution in [3.8, 4) is 0 Å². The minimum absolute atomic E-state index is 0.0548. The van der Waals surface area contributed by atoms with Crippen LogP contribution in [0.2, 0.25) is 0 Å². The molecule has 19 heavy (non-hydrogen) atoms. The molecule has 1 fully saturated rings. The second-order valence-electron chi connectivity index (χ2n) is 6.84. The van der Waals surface area contributed by atoms with Crippen LogP contribution in [0.25, 0.3) is 0 Å². The van der Waals surface area contributed by atoms with Gasteiger partial charge < -0.3 is 11.1 Å². The zero-order valence-corrected chi connectivity index (χ0v) is 12.7. The fourth-order valence-electron chi connectivity index (χ4n) is 3.10. The van der Waals surface area contributed by atoms with E-state index in [1.165, 1.54) is 0 Å². The summed E-state index contributed by atoms with van der Waals surface area (Å²) in [4.78, 5) is 12.5. The maximum Gasteiger partial charge on any atom is 0.228 e. The van der Waals surface area contributed by atoms with E-state index in [2.05, 4.69) is 33.0 Å². The highest BCUT2D eigenvalue weighted by Gasteiger charge is 2.68. The van der Waals surface area contributed by atoms with Crippen LogP contribution in [-0.4, -0.2) is 5.91 Å². The summed E-state index contributed by atoms with van der Waals surface area (Å²) in [6.45, 7) is 12.5. The second kappa shape index (κ2) is 3.99. The Morgan fingerprint density at radius 3 is 2.16 bits per heavy atom. The molecule has 0 aliphatic heterocycles. The van der Waals surface area contributed by atoms with E-state index in [0.29, 0.717) is 0 Å². The van der Waals surface area contributed by atoms with Crippen molar-refractivity contribution in [2.45, 2.75) is 41.5 Å². The van der Waals surface area contributed by atoms with Gasteiger partial charge in [-0.3, -0.25) is 4.79 Å². The molecule has 1 aromatic rings. The van der Waals surface area contributed by atoms with Crippen LogP contribution >= 0.6 is 0 Å². The lowest BCUT2D eigenvalue weighted by atomic mass is 10.0. The molecule has 104 valence electrons. The standard InChI is InChI=1S/C16H24N2O/c1-9-7-8-11(17)10(2)12(9)18-14(19)13-15(3,4)16(13,5)6/h7-8,13H,17H2,1-6H3,(H,18,19). The summed E-state index contributed by atoms with van der Waals surface area (Å²) in [6, 6.07) is 3.83. The van der Waals surface area contributed by atoms with Gasteiger partial charge in [0, 0.05) is 17.3 Å². The van der Waals surface area contributed by atoms with Crippen molar-refractivity contribution in [3.63, 3.8) is 0 Å². The Balaban J connectivity index is 2.25. The SMILES string of the molecule is Cc1ccc(N)c(C)c1NC(=O)C1C(C)(C)C1(C)C. The molecule has 3 nitrogen and oxygen atoms in total. The molecule has 0 bridgehead atoms. The first-order valence-electron chi connectivity index (χ1n) is 6.77. The van der Waals surface area contributed by atoms with E-state index in [9.17, 15) is 4.79 Å². The molecule has 2 rings (SSSR count). The van der Waals surface area contributed by atoms with Gasteiger partial charge in [0.05, 0.1) is 0 Å². The third-order valence-electron chi connectivity index (χ3n) is 5.25. The number of nitrogens with two attached hydrogens (primary N) is 1. The van der Waals surface area contributed by atoms with Crippen LogP contribution in [-0.2, 0) is 4.79 Å². The van der Waals surface area contributed by atoms with Crippen molar-refractivity contribution < 1.29 is 4.79 Å². The lowest BCUT2D eigenvalue weighted by molar-refractivity contribution is -0.118. The number of aryl methyl sites for hydroxylation is 1. The highest BCUT2D eigenvalue weighted by Crippen LogP contribution is 2.68. The van der Waals surface area contributed by atoms with E-state index in [1.54, 1.807) is 0 Å². The molecule has 0 radical (unpaired) electrons. The van der Waals surface area contributed by atoms with Gasteiger partial charge in [-0.05, 0) is 41.9 Å². The first-order valence-corrected chi connectivity index (χ1v) is 6.77. The van der Waals surface area contributed by atoms with Gasteiger partial charge in [0.15, 0.2) is 0 Å². The number of amides is 1. The predicted octanol–water partition coefficient (Wildman–Crippen LogP) is 3.51. The number of hydrogen-bond acceptors (Lipinski definition) is 2. The van der Waals surface area contributed by atoms with Crippen LogP contribution in [0.5, 0.6) is 0 Å². The molecule has 3 N–H and O–H groups in total. The van der Waals surface area contributed by atoms with Crippen molar-refractivity contribution in [1.82, 2.24) is 0 Å². The molecule has 0 heterocycles. The van der Waals surface area contributed by atoms with Crippen molar-refractivity contribution in [2.75, 3.05) is 11.1 Å². The molecule has 1 saturated carbocycles. The third-order valence-corrected chi connectivity index (χ3v) is 5.25. The number of carbonyl (C=O) groups is 1. The van der Waals surface area contributed by atoms with E-state index >= 15 is 0 Å². The zero-order valence-electron chi connectivity index (χ0n) is 12.7. The quantitative estimate of drug-likeness (QED) is 0.799. The molecule has 0 aromatic heterocycles. The Kier molecular flexibility index (Phi) is 2.92. The minimum Gasteiger partial charge on any atom is -0.398 e. The molecular weight excluding hydrogens is 236 g/mol. The van der Waals surface area contributed by atoms with Gasteiger partial charge >= 0.3 is 0 Å². The van der Waals surface area contributed by atoms with E-state index in [0.717, 1.165) is 22.5 Å². The number of nitrogen functional groups attached to an aromatic ring is 1. The van der Waals surface area contributed by atoms with Crippen LogP contribution in [0.3, 0.4) is 0 Å². The molecular formula is C16H24N2O. The molecule has 1 aromatic carbocycles. The average molecular weight is 260 g/mol. The second-order valence-corrected chi connectivity index (χ2v) is 6.84. The van der Waals surface area contributed by atoms with E-state index in [1.807, 2.05) is 26.0 Å². The van der Waals surface area contributed by atoms with E-state index in [4.69, 9.17) is 5.73 Å². The lowest BCUT2D eigenvalue weighted by Crippen LogP contribution is -2.19. The normalized spacial score (nSPS) is 20.1. The van der Waals surface area contributed by atoms with Crippen LogP contribution < -0.4 is 11.1 Å². The van der Waals surface area contributed by atoms with Crippen LogP contribution in [0.15, 0.2) is 12.1 Å². The Hall–Kier alpha value is -1.51. The molecule has 0 saturated heterocycles. The van der Waals surface area contributed by atoms with Crippen LogP contribution in [0.4, 0.5) is 11.4 Å². The molecule has 0 spiro atoms. The van der Waals surface area contributed by atoms with Gasteiger partial charge in [-0.25, -0.2) is 0 Å². The molecule has 1 amide bonds. The third kappa shape index (κ3) is 1.92. The maximum atomic E-state index is 12.5. The van der Waals surface area contributed by atoms with Gasteiger partial charge in [-0.15, -0.1) is 0 Å². The number of carbonyl (C=O) groups excluding carboxylic acids is 1. The van der Waals surface area contributed by atoms with Gasteiger partial charge in [-0.1, -0.05) is 33.8 Å². The fraction of sp³-hybridized carbons (Fsp3) is 0.562. The first-order chi connectivity index (χ1) is 8.60. The number of hydrogen-bond donors (Lipinski definition) is 2. The average Bonchev–Trinajstić information content (AvgIpc) is 2.70. The largest absolute Gasteiger partial charge is 0.398 e. The summed E-state index contributed by atoms with van der Waals surface area (Å²) in [6.07, 6.45) is 0. The summed E-state index contributed by atoms with van der Waals surface area (Å²) in [7, 11) is 0. The smallest absolute Gasteiger partial charge is 0.228 e. The van der Waals surface area contributed by atoms with Gasteiger partial charge in [0.25, 0.3) is 0 Å². The fourth-order valence-corrected chi connectivity index (χ4v) is 3.10. The zero-order chi connectivity index (χ0) is 14.6. The Bertz CT molecular complexity index is 530. The van der Waals surface area contributed by atoms with Crippen molar-refractivity contribution in [1.29, 1.82) is 0 Å². The lowest BCUT2D eigenvalue weighted by Gasteiger charge is -2.14. The van der Waals surface area contributed by atoms with Crippen molar-refractivity contribution in [2.24, 2.45) is 16.7 Å². The van der Waals surface area contributed by atoms with Crippen molar-refractivity contribution in [3.05, 3.63) is 23.3 Å². The molecule has 0 unspecified atom stereocenters. The molecule has 1 aliphatic carbocycles. The van der Waals surface area contributed by atoms with E-state index < -0.39 is 0 Å². The van der Waals surface area contributed by atoms with Gasteiger partial charge in [0.2, 0.25) is 5.91 Å². The van der Waals surface area contributed by atoms with Gasteiger partial charge in [-0.2, -0.15) is 0 Å². The Morgan fingerprint density at radius 1 is 1.16 bits per heavy atom. The first kappa shape index (κ1) is 13.9. The maximum absolute atomic E-state index is 12.5. The summed E-state index contributed by atoms with van der Waals surface area (Å²) < 4.78 is 0. The van der Waals surface area contributed by atoms with Crippen LogP contribution in [0.1, 0.15) is 38.8 Å². The monoisotopic (exact) mass is 260 g/mol.